The van der Waals surface area contributed by atoms with Crippen LogP contribution in [0.15, 0.2) is 103 Å². The van der Waals surface area contributed by atoms with Crippen molar-refractivity contribution in [3.8, 4) is 5.69 Å². The molecule has 0 aliphatic heterocycles. The third-order valence-electron chi connectivity index (χ3n) is 5.36. The van der Waals surface area contributed by atoms with E-state index < -0.39 is 0 Å². The first kappa shape index (κ1) is 21.3. The fourth-order valence-electron chi connectivity index (χ4n) is 3.77. The number of amides is 1. The molecule has 3 aromatic carbocycles. The summed E-state index contributed by atoms with van der Waals surface area (Å²) in [6.45, 7) is 5.78. The maximum absolute atomic E-state index is 12.2. The molecule has 0 fully saturated rings. The van der Waals surface area contributed by atoms with Gasteiger partial charge in [-0.1, -0.05) is 85.4 Å². The maximum Gasteiger partial charge on any atom is 0.246 e. The van der Waals surface area contributed by atoms with Crippen LogP contribution in [0, 0.1) is 0 Å². The van der Waals surface area contributed by atoms with E-state index >= 15 is 0 Å². The van der Waals surface area contributed by atoms with Gasteiger partial charge in [0.1, 0.15) is 5.82 Å². The molecule has 32 heavy (non-hydrogen) atoms. The van der Waals surface area contributed by atoms with Gasteiger partial charge in [-0.15, -0.1) is 0 Å². The molecule has 0 saturated heterocycles. The van der Waals surface area contributed by atoms with E-state index in [1.54, 1.807) is 6.92 Å². The smallest absolute Gasteiger partial charge is 0.246 e. The monoisotopic (exact) mass is 421 g/mol. The summed E-state index contributed by atoms with van der Waals surface area (Å²) in [6, 6.07) is 31.0. The first-order valence-electron chi connectivity index (χ1n) is 10.8. The Morgan fingerprint density at radius 2 is 1.38 bits per heavy atom. The zero-order valence-electron chi connectivity index (χ0n) is 18.3. The van der Waals surface area contributed by atoms with Gasteiger partial charge in [-0.3, -0.25) is 9.36 Å². The largest absolute Gasteiger partial charge is 0.345 e. The topological polar surface area (TPSA) is 46.9 Å². The lowest BCUT2D eigenvalue weighted by Crippen LogP contribution is -2.25. The Morgan fingerprint density at radius 1 is 0.844 bits per heavy atom. The third-order valence-corrected chi connectivity index (χ3v) is 5.36. The minimum absolute atomic E-state index is 0.165. The molecule has 0 radical (unpaired) electrons. The first-order valence-corrected chi connectivity index (χ1v) is 10.8. The van der Waals surface area contributed by atoms with E-state index in [1.165, 1.54) is 11.1 Å². The Morgan fingerprint density at radius 3 is 1.94 bits per heavy atom. The summed E-state index contributed by atoms with van der Waals surface area (Å²) in [5.74, 6) is 0.643. The molecule has 0 aliphatic carbocycles. The predicted octanol–water partition coefficient (Wildman–Crippen LogP) is 5.25. The van der Waals surface area contributed by atoms with Gasteiger partial charge in [0.25, 0.3) is 0 Å². The average Bonchev–Trinajstić information content (AvgIpc) is 3.15. The molecule has 0 bridgehead atoms. The zero-order chi connectivity index (χ0) is 22.3. The number of hydrogen-bond acceptors (Lipinski definition) is 2. The molecule has 4 nitrogen and oxygen atoms in total. The van der Waals surface area contributed by atoms with Crippen molar-refractivity contribution in [3.05, 3.63) is 131 Å². The molecule has 1 aromatic heterocycles. The highest BCUT2D eigenvalue weighted by Crippen LogP contribution is 2.24. The SMILES string of the molecule is C=C(C)C(=O)NCc1nc(Cc2ccccc2)c(Cc2ccccc2)n1-c1ccccc1. The number of rotatable bonds is 8. The number of para-hydroxylation sites is 1. The Hall–Kier alpha value is -3.92. The van der Waals surface area contributed by atoms with Crippen molar-refractivity contribution >= 4 is 5.91 Å². The fraction of sp³-hybridized carbons (Fsp3) is 0.143. The molecule has 1 N–H and O–H groups in total. The van der Waals surface area contributed by atoms with Crippen LogP contribution in [0.5, 0.6) is 0 Å². The van der Waals surface area contributed by atoms with Gasteiger partial charge in [0, 0.05) is 24.1 Å². The molecule has 4 rings (SSSR count). The Balaban J connectivity index is 1.81. The molecule has 0 spiro atoms. The van der Waals surface area contributed by atoms with Gasteiger partial charge in [0.2, 0.25) is 5.91 Å². The summed E-state index contributed by atoms with van der Waals surface area (Å²) in [4.78, 5) is 17.2. The lowest BCUT2D eigenvalue weighted by Gasteiger charge is -2.14. The minimum atomic E-state index is -0.165. The van der Waals surface area contributed by atoms with E-state index in [1.807, 2.05) is 42.5 Å². The van der Waals surface area contributed by atoms with Crippen molar-refractivity contribution in [3.63, 3.8) is 0 Å². The number of imidazole rings is 1. The van der Waals surface area contributed by atoms with Crippen LogP contribution in [0.4, 0.5) is 0 Å². The number of hydrogen-bond donors (Lipinski definition) is 1. The molecule has 1 heterocycles. The third kappa shape index (κ3) is 5.03. The standard InChI is InChI=1S/C28H27N3O/c1-21(2)28(32)29-20-27-30-25(18-22-12-6-3-7-13-22)26(19-23-14-8-4-9-15-23)31(27)24-16-10-5-11-17-24/h3-17H,1,18-20H2,2H3,(H,29,32). The summed E-state index contributed by atoms with van der Waals surface area (Å²) < 4.78 is 2.18. The van der Waals surface area contributed by atoms with Crippen molar-refractivity contribution in [2.45, 2.75) is 26.3 Å². The highest BCUT2D eigenvalue weighted by atomic mass is 16.1. The van der Waals surface area contributed by atoms with Crippen LogP contribution in [0.3, 0.4) is 0 Å². The average molecular weight is 422 g/mol. The van der Waals surface area contributed by atoms with Gasteiger partial charge in [0.15, 0.2) is 0 Å². The first-order chi connectivity index (χ1) is 15.6. The van der Waals surface area contributed by atoms with E-state index in [0.29, 0.717) is 12.1 Å². The van der Waals surface area contributed by atoms with Crippen molar-refractivity contribution in [2.75, 3.05) is 0 Å². The molecule has 4 heteroatoms. The van der Waals surface area contributed by atoms with Gasteiger partial charge in [-0.25, -0.2) is 4.98 Å². The number of nitrogens with zero attached hydrogens (tertiary/aromatic N) is 2. The van der Waals surface area contributed by atoms with Gasteiger partial charge in [-0.2, -0.15) is 0 Å². The Bertz CT molecular complexity index is 1200. The van der Waals surface area contributed by atoms with Crippen LogP contribution in [-0.4, -0.2) is 15.5 Å². The van der Waals surface area contributed by atoms with E-state index in [4.69, 9.17) is 4.98 Å². The van der Waals surface area contributed by atoms with Crippen LogP contribution in [0.2, 0.25) is 0 Å². The Kier molecular flexibility index (Phi) is 6.61. The maximum atomic E-state index is 12.2. The van der Waals surface area contributed by atoms with Crippen LogP contribution >= 0.6 is 0 Å². The second-order valence-corrected chi connectivity index (χ2v) is 7.88. The molecule has 0 saturated carbocycles. The van der Waals surface area contributed by atoms with Crippen molar-refractivity contribution < 1.29 is 4.79 Å². The number of benzene rings is 3. The lowest BCUT2D eigenvalue weighted by atomic mass is 10.0. The summed E-state index contributed by atoms with van der Waals surface area (Å²) in [5.41, 5.74) is 6.09. The molecule has 1 amide bonds. The quantitative estimate of drug-likeness (QED) is 0.395. The zero-order valence-corrected chi connectivity index (χ0v) is 18.3. The highest BCUT2D eigenvalue weighted by molar-refractivity contribution is 5.91. The molecule has 0 unspecified atom stereocenters. The molecule has 0 atom stereocenters. The van der Waals surface area contributed by atoms with Gasteiger partial charge >= 0.3 is 0 Å². The number of carbonyl (C=O) groups is 1. The lowest BCUT2D eigenvalue weighted by molar-refractivity contribution is -0.117. The number of aromatic nitrogens is 2. The number of carbonyl (C=O) groups excluding carboxylic acids is 1. The predicted molar refractivity (Wildman–Crippen MR) is 129 cm³/mol. The normalized spacial score (nSPS) is 10.7. The van der Waals surface area contributed by atoms with Crippen LogP contribution in [0.1, 0.15) is 35.3 Å². The van der Waals surface area contributed by atoms with E-state index in [-0.39, 0.29) is 5.91 Å². The second-order valence-electron chi connectivity index (χ2n) is 7.88. The summed E-state index contributed by atoms with van der Waals surface area (Å²) in [5, 5.41) is 2.96. The van der Waals surface area contributed by atoms with E-state index in [9.17, 15) is 4.79 Å². The van der Waals surface area contributed by atoms with Gasteiger partial charge < -0.3 is 5.32 Å². The summed E-state index contributed by atoms with van der Waals surface area (Å²) in [7, 11) is 0. The van der Waals surface area contributed by atoms with Crippen LogP contribution in [0.25, 0.3) is 5.69 Å². The molecular weight excluding hydrogens is 394 g/mol. The van der Waals surface area contributed by atoms with Crippen LogP contribution < -0.4 is 5.32 Å². The summed E-state index contributed by atoms with van der Waals surface area (Å²) >= 11 is 0. The van der Waals surface area contributed by atoms with Gasteiger partial charge in [-0.05, 0) is 30.2 Å². The molecule has 0 aliphatic rings. The molecule has 160 valence electrons. The number of nitrogens with one attached hydrogen (secondary N) is 1. The highest BCUT2D eigenvalue weighted by Gasteiger charge is 2.19. The van der Waals surface area contributed by atoms with Crippen LogP contribution in [-0.2, 0) is 24.2 Å². The molecule has 4 aromatic rings. The Labute approximate surface area is 189 Å². The van der Waals surface area contributed by atoms with Crippen molar-refractivity contribution in [2.24, 2.45) is 0 Å². The molecular formula is C28H27N3O. The van der Waals surface area contributed by atoms with Crippen molar-refractivity contribution in [1.29, 1.82) is 0 Å². The van der Waals surface area contributed by atoms with E-state index in [2.05, 4.69) is 65.0 Å². The summed E-state index contributed by atoms with van der Waals surface area (Å²) in [6.07, 6.45) is 1.48. The fourth-order valence-corrected chi connectivity index (χ4v) is 3.77. The van der Waals surface area contributed by atoms with Crippen molar-refractivity contribution in [1.82, 2.24) is 14.9 Å². The second kappa shape index (κ2) is 9.92. The van der Waals surface area contributed by atoms with E-state index in [0.717, 1.165) is 35.7 Å². The minimum Gasteiger partial charge on any atom is -0.345 e. The van der Waals surface area contributed by atoms with Gasteiger partial charge in [0.05, 0.1) is 17.9 Å².